The molecule has 1 fully saturated rings. The van der Waals surface area contributed by atoms with Gasteiger partial charge in [-0.05, 0) is 36.8 Å². The molecular weight excluding hydrogens is 316 g/mol. The van der Waals surface area contributed by atoms with E-state index in [1.54, 1.807) is 4.90 Å². The molecule has 5 nitrogen and oxygen atoms in total. The molecule has 1 atom stereocenters. The standard InChI is InChI=1S/C20H22N2O3/c1-2-25-18-10-8-15(9-11-18)13-21-20(24)16-12-19(23)22(14-16)17-6-4-3-5-7-17/h3-11,16H,2,12-14H2,1H3,(H,21,24)/t16-/m1/s1. The number of ether oxygens (including phenoxy) is 1. The largest absolute Gasteiger partial charge is 0.494 e. The average Bonchev–Trinajstić information content (AvgIpc) is 3.04. The molecule has 2 amide bonds. The van der Waals surface area contributed by atoms with Gasteiger partial charge < -0.3 is 15.0 Å². The number of rotatable bonds is 6. The van der Waals surface area contributed by atoms with Gasteiger partial charge >= 0.3 is 0 Å². The van der Waals surface area contributed by atoms with Gasteiger partial charge in [-0.25, -0.2) is 0 Å². The molecule has 2 aromatic rings. The Bertz CT molecular complexity index is 728. The number of carbonyl (C=O) groups is 2. The highest BCUT2D eigenvalue weighted by Crippen LogP contribution is 2.25. The highest BCUT2D eigenvalue weighted by Gasteiger charge is 2.34. The number of benzene rings is 2. The lowest BCUT2D eigenvalue weighted by molar-refractivity contribution is -0.126. The van der Waals surface area contributed by atoms with Gasteiger partial charge in [0.05, 0.1) is 12.5 Å². The molecule has 1 N–H and O–H groups in total. The zero-order valence-electron chi connectivity index (χ0n) is 14.3. The van der Waals surface area contributed by atoms with Crippen LogP contribution in [0.1, 0.15) is 18.9 Å². The number of hydrogen-bond acceptors (Lipinski definition) is 3. The molecule has 1 aliphatic rings. The zero-order valence-corrected chi connectivity index (χ0v) is 14.3. The van der Waals surface area contributed by atoms with Crippen LogP contribution in [0.15, 0.2) is 54.6 Å². The van der Waals surface area contributed by atoms with Crippen LogP contribution < -0.4 is 15.0 Å². The van der Waals surface area contributed by atoms with E-state index in [1.807, 2.05) is 61.5 Å². The molecular formula is C20H22N2O3. The molecule has 3 rings (SSSR count). The SMILES string of the molecule is CCOc1ccc(CNC(=O)[C@@H]2CC(=O)N(c3ccccc3)C2)cc1. The summed E-state index contributed by atoms with van der Waals surface area (Å²) in [7, 11) is 0. The first-order chi connectivity index (χ1) is 12.2. The summed E-state index contributed by atoms with van der Waals surface area (Å²) in [6.07, 6.45) is 0.254. The van der Waals surface area contributed by atoms with E-state index < -0.39 is 0 Å². The summed E-state index contributed by atoms with van der Waals surface area (Å²) in [5.74, 6) is 0.418. The van der Waals surface area contributed by atoms with Gasteiger partial charge in [0.1, 0.15) is 5.75 Å². The monoisotopic (exact) mass is 338 g/mol. The Labute approximate surface area is 147 Å². The first kappa shape index (κ1) is 17.0. The van der Waals surface area contributed by atoms with Crippen molar-refractivity contribution < 1.29 is 14.3 Å². The van der Waals surface area contributed by atoms with E-state index >= 15 is 0 Å². The van der Waals surface area contributed by atoms with Crippen LogP contribution in [0.3, 0.4) is 0 Å². The Morgan fingerprint density at radius 1 is 1.16 bits per heavy atom. The minimum atomic E-state index is -0.310. The Morgan fingerprint density at radius 3 is 2.56 bits per heavy atom. The average molecular weight is 338 g/mol. The maximum atomic E-state index is 12.4. The molecule has 1 heterocycles. The van der Waals surface area contributed by atoms with Gasteiger partial charge in [0.25, 0.3) is 0 Å². The molecule has 0 saturated carbocycles. The number of carbonyl (C=O) groups excluding carboxylic acids is 2. The molecule has 1 saturated heterocycles. The maximum Gasteiger partial charge on any atom is 0.227 e. The molecule has 0 radical (unpaired) electrons. The third kappa shape index (κ3) is 4.18. The van der Waals surface area contributed by atoms with E-state index in [-0.39, 0.29) is 24.2 Å². The Morgan fingerprint density at radius 2 is 1.88 bits per heavy atom. The molecule has 0 bridgehead atoms. The first-order valence-electron chi connectivity index (χ1n) is 8.52. The lowest BCUT2D eigenvalue weighted by Crippen LogP contribution is -2.32. The lowest BCUT2D eigenvalue weighted by atomic mass is 10.1. The van der Waals surface area contributed by atoms with Gasteiger partial charge in [0.15, 0.2) is 0 Å². The number of anilines is 1. The molecule has 0 aliphatic carbocycles. The zero-order chi connectivity index (χ0) is 17.6. The van der Waals surface area contributed by atoms with Crippen LogP contribution in [0.25, 0.3) is 0 Å². The third-order valence-electron chi connectivity index (χ3n) is 4.26. The van der Waals surface area contributed by atoms with E-state index in [0.717, 1.165) is 17.0 Å². The van der Waals surface area contributed by atoms with Crippen molar-refractivity contribution in [2.24, 2.45) is 5.92 Å². The van der Waals surface area contributed by atoms with Crippen molar-refractivity contribution in [3.63, 3.8) is 0 Å². The molecule has 2 aromatic carbocycles. The van der Waals surface area contributed by atoms with Crippen LogP contribution in [0.2, 0.25) is 0 Å². The van der Waals surface area contributed by atoms with Crippen LogP contribution in [-0.2, 0) is 16.1 Å². The Balaban J connectivity index is 1.54. The van der Waals surface area contributed by atoms with Crippen molar-refractivity contribution in [3.05, 3.63) is 60.2 Å². The van der Waals surface area contributed by atoms with Gasteiger partial charge in [-0.1, -0.05) is 30.3 Å². The van der Waals surface area contributed by atoms with Gasteiger partial charge in [0.2, 0.25) is 11.8 Å². The minimum absolute atomic E-state index is 0.00702. The summed E-state index contributed by atoms with van der Waals surface area (Å²) in [5.41, 5.74) is 1.84. The van der Waals surface area contributed by atoms with Crippen LogP contribution in [0.4, 0.5) is 5.69 Å². The van der Waals surface area contributed by atoms with Crippen LogP contribution in [-0.4, -0.2) is 25.0 Å². The fourth-order valence-electron chi connectivity index (χ4n) is 2.94. The number of hydrogen-bond donors (Lipinski definition) is 1. The Kier molecular flexibility index (Phi) is 5.33. The summed E-state index contributed by atoms with van der Waals surface area (Å²) in [6, 6.07) is 17.1. The second kappa shape index (κ2) is 7.83. The molecule has 130 valence electrons. The third-order valence-corrected chi connectivity index (χ3v) is 4.26. The number of nitrogens with zero attached hydrogens (tertiary/aromatic N) is 1. The second-order valence-electron chi connectivity index (χ2n) is 6.04. The summed E-state index contributed by atoms with van der Waals surface area (Å²) in [5, 5.41) is 2.93. The Hall–Kier alpha value is -2.82. The van der Waals surface area contributed by atoms with Crippen molar-refractivity contribution in [2.45, 2.75) is 19.9 Å². The topological polar surface area (TPSA) is 58.6 Å². The van der Waals surface area contributed by atoms with E-state index in [4.69, 9.17) is 4.74 Å². The summed E-state index contributed by atoms with van der Waals surface area (Å²) < 4.78 is 5.40. The van der Waals surface area contributed by atoms with Gasteiger partial charge in [-0.15, -0.1) is 0 Å². The van der Waals surface area contributed by atoms with Crippen LogP contribution in [0, 0.1) is 5.92 Å². The van der Waals surface area contributed by atoms with E-state index in [9.17, 15) is 9.59 Å². The molecule has 0 aromatic heterocycles. The lowest BCUT2D eigenvalue weighted by Gasteiger charge is -2.16. The van der Waals surface area contributed by atoms with E-state index in [0.29, 0.717) is 19.7 Å². The van der Waals surface area contributed by atoms with Crippen molar-refractivity contribution >= 4 is 17.5 Å². The minimum Gasteiger partial charge on any atom is -0.494 e. The predicted molar refractivity (Wildman–Crippen MR) is 96.4 cm³/mol. The second-order valence-corrected chi connectivity index (χ2v) is 6.04. The number of amides is 2. The molecule has 1 aliphatic heterocycles. The summed E-state index contributed by atoms with van der Waals surface area (Å²) in [4.78, 5) is 26.3. The van der Waals surface area contributed by atoms with Gasteiger partial charge in [-0.3, -0.25) is 9.59 Å². The van der Waals surface area contributed by atoms with Crippen molar-refractivity contribution in [1.29, 1.82) is 0 Å². The molecule has 0 spiro atoms. The molecule has 5 heteroatoms. The fourth-order valence-corrected chi connectivity index (χ4v) is 2.94. The van der Waals surface area contributed by atoms with Crippen LogP contribution in [0.5, 0.6) is 5.75 Å². The highest BCUT2D eigenvalue weighted by molar-refractivity contribution is 6.00. The smallest absolute Gasteiger partial charge is 0.227 e. The number of para-hydroxylation sites is 1. The summed E-state index contributed by atoms with van der Waals surface area (Å²) >= 11 is 0. The van der Waals surface area contributed by atoms with E-state index in [1.165, 1.54) is 0 Å². The van der Waals surface area contributed by atoms with Crippen molar-refractivity contribution in [3.8, 4) is 5.75 Å². The first-order valence-corrected chi connectivity index (χ1v) is 8.52. The highest BCUT2D eigenvalue weighted by atomic mass is 16.5. The molecule has 0 unspecified atom stereocenters. The van der Waals surface area contributed by atoms with Gasteiger partial charge in [-0.2, -0.15) is 0 Å². The maximum absolute atomic E-state index is 12.4. The fraction of sp³-hybridized carbons (Fsp3) is 0.300. The normalized spacial score (nSPS) is 16.8. The van der Waals surface area contributed by atoms with Crippen LogP contribution >= 0.6 is 0 Å². The quantitative estimate of drug-likeness (QED) is 0.881. The predicted octanol–water partition coefficient (Wildman–Crippen LogP) is 2.75. The number of nitrogens with one attached hydrogen (secondary N) is 1. The summed E-state index contributed by atoms with van der Waals surface area (Å²) in [6.45, 7) is 3.44. The van der Waals surface area contributed by atoms with Gasteiger partial charge in [0, 0.05) is 25.2 Å². The van der Waals surface area contributed by atoms with Crippen molar-refractivity contribution in [1.82, 2.24) is 5.32 Å². The molecule has 25 heavy (non-hydrogen) atoms. The van der Waals surface area contributed by atoms with E-state index in [2.05, 4.69) is 5.32 Å². The van der Waals surface area contributed by atoms with Crippen molar-refractivity contribution in [2.75, 3.05) is 18.1 Å².